The monoisotopic (exact) mass is 461 g/mol. The third kappa shape index (κ3) is 4.59. The molecule has 1 aliphatic rings. The third-order valence-corrected chi connectivity index (χ3v) is 5.55. The van der Waals surface area contributed by atoms with Crippen molar-refractivity contribution in [2.75, 3.05) is 20.1 Å². The van der Waals surface area contributed by atoms with Gasteiger partial charge in [0.2, 0.25) is 0 Å². The largest absolute Gasteiger partial charge is 0.388 e. The summed E-state index contributed by atoms with van der Waals surface area (Å²) in [6.07, 6.45) is 2.16. The van der Waals surface area contributed by atoms with E-state index in [2.05, 4.69) is 27.8 Å². The minimum Gasteiger partial charge on any atom is -0.388 e. The number of fused-ring (bicyclic) bond motifs is 1. The maximum absolute atomic E-state index is 10.4. The van der Waals surface area contributed by atoms with Crippen LogP contribution in [0.4, 0.5) is 0 Å². The molecule has 7 heteroatoms. The molecule has 4 N–H and O–H groups in total. The van der Waals surface area contributed by atoms with E-state index in [0.29, 0.717) is 19.0 Å². The molecule has 0 aliphatic heterocycles. The van der Waals surface area contributed by atoms with Crippen molar-refractivity contribution in [3.05, 3.63) is 35.2 Å². The highest BCUT2D eigenvalue weighted by molar-refractivity contribution is 14.0. The summed E-state index contributed by atoms with van der Waals surface area (Å²) in [7, 11) is 1.69. The summed E-state index contributed by atoms with van der Waals surface area (Å²) in [5.74, 6) is 0.602. The second-order valence-electron chi connectivity index (χ2n) is 6.09. The summed E-state index contributed by atoms with van der Waals surface area (Å²) in [5, 5.41) is 27.9. The molecule has 1 aromatic heterocycles. The Balaban J connectivity index is 0.00000208. The van der Waals surface area contributed by atoms with Gasteiger partial charge in [-0.15, -0.1) is 35.3 Å². The van der Waals surface area contributed by atoms with Crippen LogP contribution in [0.1, 0.15) is 30.2 Å². The van der Waals surface area contributed by atoms with Crippen molar-refractivity contribution in [1.29, 1.82) is 0 Å². The number of halogens is 1. The lowest BCUT2D eigenvalue weighted by atomic mass is 9.80. The summed E-state index contributed by atoms with van der Waals surface area (Å²) >= 11 is 1.60. The Hall–Kier alpha value is -0.900. The van der Waals surface area contributed by atoms with Crippen LogP contribution in [0.15, 0.2) is 35.3 Å². The molecular formula is C17H24IN3O2S. The van der Waals surface area contributed by atoms with Crippen LogP contribution in [0.25, 0.3) is 10.1 Å². The molecule has 0 saturated heterocycles. The molecule has 1 fully saturated rings. The van der Waals surface area contributed by atoms with Gasteiger partial charge in [-0.1, -0.05) is 18.2 Å². The number of nitrogens with zero attached hydrogens (tertiary/aromatic N) is 1. The van der Waals surface area contributed by atoms with Crippen LogP contribution in [0, 0.1) is 0 Å². The molecule has 5 nitrogen and oxygen atoms in total. The highest BCUT2D eigenvalue weighted by Crippen LogP contribution is 2.31. The maximum atomic E-state index is 10.4. The average Bonchev–Trinajstić information content (AvgIpc) is 2.97. The van der Waals surface area contributed by atoms with Gasteiger partial charge in [0, 0.05) is 29.7 Å². The first-order valence-corrected chi connectivity index (χ1v) is 8.75. The number of aliphatic imine (C=N–C) groups is 1. The van der Waals surface area contributed by atoms with Gasteiger partial charge in [0.15, 0.2) is 5.96 Å². The molecule has 2 aromatic rings. The second kappa shape index (κ2) is 8.46. The molecule has 0 bridgehead atoms. The lowest BCUT2D eigenvalue weighted by Gasteiger charge is -2.37. The van der Waals surface area contributed by atoms with E-state index >= 15 is 0 Å². The zero-order valence-electron chi connectivity index (χ0n) is 13.7. The summed E-state index contributed by atoms with van der Waals surface area (Å²) in [5.41, 5.74) is -0.596. The van der Waals surface area contributed by atoms with Crippen molar-refractivity contribution in [1.82, 2.24) is 10.6 Å². The van der Waals surface area contributed by atoms with Crippen molar-refractivity contribution in [2.24, 2.45) is 4.99 Å². The highest BCUT2D eigenvalue weighted by atomic mass is 127. The Morgan fingerprint density at radius 2 is 2.08 bits per heavy atom. The standard InChI is InChI=1S/C17H23N3O2S.HI/c1-18-16(20-11-17(22)7-4-8-17)19-10-13(21)15-9-12-5-2-3-6-14(12)23-15;/h2-3,5-6,9,13,21-22H,4,7-8,10-11H2,1H3,(H2,18,19,20);1H. The second-order valence-corrected chi connectivity index (χ2v) is 7.20. The third-order valence-electron chi connectivity index (χ3n) is 4.33. The van der Waals surface area contributed by atoms with Crippen LogP contribution in [-0.4, -0.2) is 41.9 Å². The first-order chi connectivity index (χ1) is 11.1. The Kier molecular flexibility index (Phi) is 6.85. The van der Waals surface area contributed by atoms with Crippen LogP contribution in [0.2, 0.25) is 0 Å². The van der Waals surface area contributed by atoms with Crippen molar-refractivity contribution in [3.63, 3.8) is 0 Å². The van der Waals surface area contributed by atoms with Crippen LogP contribution < -0.4 is 10.6 Å². The molecule has 1 aromatic carbocycles. The fourth-order valence-electron chi connectivity index (χ4n) is 2.69. The lowest BCUT2D eigenvalue weighted by molar-refractivity contribution is -0.0279. The number of benzene rings is 1. The Labute approximate surface area is 163 Å². The first kappa shape index (κ1) is 19.4. The quantitative estimate of drug-likeness (QED) is 0.314. The lowest BCUT2D eigenvalue weighted by Crippen LogP contribution is -2.51. The van der Waals surface area contributed by atoms with E-state index in [1.165, 1.54) is 4.70 Å². The average molecular weight is 461 g/mol. The molecule has 0 radical (unpaired) electrons. The molecule has 1 heterocycles. The highest BCUT2D eigenvalue weighted by Gasteiger charge is 2.34. The summed E-state index contributed by atoms with van der Waals surface area (Å²) in [4.78, 5) is 5.07. The maximum Gasteiger partial charge on any atom is 0.191 e. The molecular weight excluding hydrogens is 437 g/mol. The van der Waals surface area contributed by atoms with E-state index in [0.717, 1.165) is 29.5 Å². The number of thiophene rings is 1. The minimum atomic E-state index is -0.596. The van der Waals surface area contributed by atoms with E-state index < -0.39 is 11.7 Å². The van der Waals surface area contributed by atoms with E-state index in [-0.39, 0.29) is 24.0 Å². The number of rotatable bonds is 5. The zero-order valence-corrected chi connectivity index (χ0v) is 16.8. The van der Waals surface area contributed by atoms with Crippen molar-refractivity contribution >= 4 is 51.4 Å². The van der Waals surface area contributed by atoms with Gasteiger partial charge in [0.05, 0.1) is 5.60 Å². The molecule has 132 valence electrons. The fraction of sp³-hybridized carbons (Fsp3) is 0.471. The van der Waals surface area contributed by atoms with Gasteiger partial charge in [-0.3, -0.25) is 4.99 Å². The first-order valence-electron chi connectivity index (χ1n) is 7.93. The van der Waals surface area contributed by atoms with Gasteiger partial charge in [-0.05, 0) is 36.8 Å². The van der Waals surface area contributed by atoms with E-state index in [1.807, 2.05) is 18.2 Å². The number of guanidine groups is 1. The number of hydrogen-bond acceptors (Lipinski definition) is 4. The zero-order chi connectivity index (χ0) is 16.3. The van der Waals surface area contributed by atoms with E-state index in [1.54, 1.807) is 18.4 Å². The molecule has 0 spiro atoms. The Morgan fingerprint density at radius 3 is 2.71 bits per heavy atom. The Morgan fingerprint density at radius 1 is 1.33 bits per heavy atom. The van der Waals surface area contributed by atoms with Gasteiger partial charge < -0.3 is 20.8 Å². The van der Waals surface area contributed by atoms with Crippen LogP contribution >= 0.6 is 35.3 Å². The van der Waals surface area contributed by atoms with Gasteiger partial charge in [-0.2, -0.15) is 0 Å². The van der Waals surface area contributed by atoms with Crippen molar-refractivity contribution in [3.8, 4) is 0 Å². The van der Waals surface area contributed by atoms with Gasteiger partial charge in [0.1, 0.15) is 6.10 Å². The number of nitrogens with one attached hydrogen (secondary N) is 2. The molecule has 0 amide bonds. The molecule has 1 atom stereocenters. The molecule has 1 unspecified atom stereocenters. The summed E-state index contributed by atoms with van der Waals surface area (Å²) in [6, 6.07) is 10.1. The van der Waals surface area contributed by atoms with E-state index in [4.69, 9.17) is 0 Å². The SMILES string of the molecule is CN=C(NCC(O)c1cc2ccccc2s1)NCC1(O)CCC1.I. The van der Waals surface area contributed by atoms with Gasteiger partial charge in [-0.25, -0.2) is 0 Å². The van der Waals surface area contributed by atoms with Crippen molar-refractivity contribution in [2.45, 2.75) is 31.0 Å². The smallest absolute Gasteiger partial charge is 0.191 e. The number of hydrogen-bond donors (Lipinski definition) is 4. The topological polar surface area (TPSA) is 76.9 Å². The number of aliphatic hydroxyl groups excluding tert-OH is 1. The predicted octanol–water partition coefficient (Wildman–Crippen LogP) is 2.63. The fourth-order valence-corrected chi connectivity index (χ4v) is 3.74. The summed E-state index contributed by atoms with van der Waals surface area (Å²) < 4.78 is 1.18. The van der Waals surface area contributed by atoms with Crippen LogP contribution in [-0.2, 0) is 0 Å². The minimum absolute atomic E-state index is 0. The van der Waals surface area contributed by atoms with Crippen molar-refractivity contribution < 1.29 is 10.2 Å². The Bertz CT molecular complexity index is 667. The summed E-state index contributed by atoms with van der Waals surface area (Å²) in [6.45, 7) is 0.872. The predicted molar refractivity (Wildman–Crippen MR) is 110 cm³/mol. The van der Waals surface area contributed by atoms with Gasteiger partial charge >= 0.3 is 0 Å². The normalized spacial score (nSPS) is 17.7. The molecule has 1 saturated carbocycles. The molecule has 1 aliphatic carbocycles. The van der Waals surface area contributed by atoms with Gasteiger partial charge in [0.25, 0.3) is 0 Å². The number of aliphatic hydroxyl groups is 2. The van der Waals surface area contributed by atoms with E-state index in [9.17, 15) is 10.2 Å². The van der Waals surface area contributed by atoms with Crippen LogP contribution in [0.3, 0.4) is 0 Å². The molecule has 3 rings (SSSR count). The van der Waals surface area contributed by atoms with Crippen LogP contribution in [0.5, 0.6) is 0 Å². The molecule has 24 heavy (non-hydrogen) atoms.